The molecule has 2 heterocycles. The molecule has 152 valence electrons. The first kappa shape index (κ1) is 20.4. The highest BCUT2D eigenvalue weighted by Crippen LogP contribution is 2.15. The highest BCUT2D eigenvalue weighted by molar-refractivity contribution is 5.79. The van der Waals surface area contributed by atoms with Gasteiger partial charge in [-0.25, -0.2) is 4.98 Å². The molecule has 28 heavy (non-hydrogen) atoms. The van der Waals surface area contributed by atoms with E-state index in [2.05, 4.69) is 61.3 Å². The quantitative estimate of drug-likeness (QED) is 0.419. The lowest BCUT2D eigenvalue weighted by atomic mass is 9.99. The van der Waals surface area contributed by atoms with Crippen LogP contribution >= 0.6 is 0 Å². The molecule has 0 aliphatic carbocycles. The van der Waals surface area contributed by atoms with E-state index in [0.717, 1.165) is 37.9 Å². The summed E-state index contributed by atoms with van der Waals surface area (Å²) in [6, 6.07) is 8.69. The molecule has 1 aromatic heterocycles. The highest BCUT2D eigenvalue weighted by Gasteiger charge is 2.14. The summed E-state index contributed by atoms with van der Waals surface area (Å²) in [7, 11) is 1.83. The molecule has 0 spiro atoms. The van der Waals surface area contributed by atoms with E-state index in [-0.39, 0.29) is 0 Å². The van der Waals surface area contributed by atoms with E-state index >= 15 is 0 Å². The summed E-state index contributed by atoms with van der Waals surface area (Å²) < 4.78 is 2.07. The number of likely N-dealkylation sites (tertiary alicyclic amines) is 1. The summed E-state index contributed by atoms with van der Waals surface area (Å²) >= 11 is 0. The van der Waals surface area contributed by atoms with Gasteiger partial charge in [0.1, 0.15) is 0 Å². The van der Waals surface area contributed by atoms with Gasteiger partial charge in [0.25, 0.3) is 0 Å². The zero-order chi connectivity index (χ0) is 19.6. The van der Waals surface area contributed by atoms with Crippen molar-refractivity contribution >= 4 is 5.96 Å². The lowest BCUT2D eigenvalue weighted by Crippen LogP contribution is -2.39. The largest absolute Gasteiger partial charge is 0.356 e. The molecule has 0 amide bonds. The Bertz CT molecular complexity index is 699. The van der Waals surface area contributed by atoms with E-state index in [0.29, 0.717) is 0 Å². The summed E-state index contributed by atoms with van der Waals surface area (Å²) in [5, 5.41) is 6.84. The summed E-state index contributed by atoms with van der Waals surface area (Å²) in [5.74, 6) is 1.77. The SMILES string of the molecule is CN=C(NCCCN1CCC(C)CC1)NCc1ccc(Cn2ccnc2)cc1. The summed E-state index contributed by atoms with van der Waals surface area (Å²) in [4.78, 5) is 11.0. The molecule has 1 fully saturated rings. The lowest BCUT2D eigenvalue weighted by molar-refractivity contribution is 0.191. The van der Waals surface area contributed by atoms with Crippen LogP contribution in [0.4, 0.5) is 0 Å². The van der Waals surface area contributed by atoms with E-state index < -0.39 is 0 Å². The fourth-order valence-electron chi connectivity index (χ4n) is 3.56. The zero-order valence-corrected chi connectivity index (χ0v) is 17.3. The van der Waals surface area contributed by atoms with Gasteiger partial charge < -0.3 is 20.1 Å². The number of aromatic nitrogens is 2. The van der Waals surface area contributed by atoms with E-state index in [1.807, 2.05) is 25.8 Å². The maximum Gasteiger partial charge on any atom is 0.191 e. The van der Waals surface area contributed by atoms with Crippen LogP contribution < -0.4 is 10.6 Å². The Morgan fingerprint density at radius 2 is 1.89 bits per heavy atom. The number of benzene rings is 1. The molecule has 0 unspecified atom stereocenters. The zero-order valence-electron chi connectivity index (χ0n) is 17.3. The third kappa shape index (κ3) is 6.68. The third-order valence-electron chi connectivity index (χ3n) is 5.45. The second kappa shape index (κ2) is 10.9. The van der Waals surface area contributed by atoms with Crippen molar-refractivity contribution in [3.8, 4) is 0 Å². The lowest BCUT2D eigenvalue weighted by Gasteiger charge is -2.30. The molecular formula is C22H34N6. The molecule has 1 saturated heterocycles. The van der Waals surface area contributed by atoms with Gasteiger partial charge in [0.05, 0.1) is 6.33 Å². The molecule has 0 bridgehead atoms. The Hall–Kier alpha value is -2.34. The fraction of sp³-hybridized carbons (Fsp3) is 0.545. The first-order valence-electron chi connectivity index (χ1n) is 10.4. The maximum atomic E-state index is 4.34. The van der Waals surface area contributed by atoms with Crippen LogP contribution in [0.3, 0.4) is 0 Å². The van der Waals surface area contributed by atoms with Crippen molar-refractivity contribution in [2.45, 2.75) is 39.3 Å². The Kier molecular flexibility index (Phi) is 7.91. The Morgan fingerprint density at radius 3 is 2.57 bits per heavy atom. The van der Waals surface area contributed by atoms with E-state index in [9.17, 15) is 0 Å². The van der Waals surface area contributed by atoms with Crippen molar-refractivity contribution in [1.29, 1.82) is 0 Å². The van der Waals surface area contributed by atoms with Crippen LogP contribution in [0.15, 0.2) is 48.0 Å². The number of guanidine groups is 1. The van der Waals surface area contributed by atoms with Gasteiger partial charge in [-0.05, 0) is 55.9 Å². The molecule has 3 rings (SSSR count). The molecule has 1 aliphatic heterocycles. The Labute approximate surface area is 169 Å². The average Bonchev–Trinajstić information content (AvgIpc) is 3.23. The number of aliphatic imine (C=N–C) groups is 1. The maximum absolute atomic E-state index is 4.34. The number of nitrogens with zero attached hydrogens (tertiary/aromatic N) is 4. The topological polar surface area (TPSA) is 57.5 Å². The minimum absolute atomic E-state index is 0.773. The van der Waals surface area contributed by atoms with E-state index in [1.165, 1.54) is 43.6 Å². The van der Waals surface area contributed by atoms with Gasteiger partial charge in [0, 0.05) is 39.1 Å². The van der Waals surface area contributed by atoms with Crippen molar-refractivity contribution in [1.82, 2.24) is 25.1 Å². The smallest absolute Gasteiger partial charge is 0.191 e. The molecule has 2 aromatic rings. The fourth-order valence-corrected chi connectivity index (χ4v) is 3.56. The van der Waals surface area contributed by atoms with Gasteiger partial charge in [0.15, 0.2) is 5.96 Å². The van der Waals surface area contributed by atoms with E-state index in [1.54, 1.807) is 0 Å². The van der Waals surface area contributed by atoms with Crippen molar-refractivity contribution < 1.29 is 0 Å². The first-order valence-corrected chi connectivity index (χ1v) is 10.4. The number of rotatable bonds is 8. The van der Waals surface area contributed by atoms with Crippen molar-refractivity contribution in [2.24, 2.45) is 10.9 Å². The molecule has 1 aliphatic rings. The predicted octanol–water partition coefficient (Wildman–Crippen LogP) is 2.72. The van der Waals surface area contributed by atoms with Crippen LogP contribution in [-0.4, -0.2) is 53.6 Å². The molecule has 0 saturated carbocycles. The van der Waals surface area contributed by atoms with Gasteiger partial charge in [-0.2, -0.15) is 0 Å². The summed E-state index contributed by atoms with van der Waals surface area (Å²) in [6.45, 7) is 8.63. The number of hydrogen-bond acceptors (Lipinski definition) is 3. The number of nitrogens with one attached hydrogen (secondary N) is 2. The van der Waals surface area contributed by atoms with Crippen molar-refractivity contribution in [3.63, 3.8) is 0 Å². The summed E-state index contributed by atoms with van der Waals surface area (Å²) in [6.07, 6.45) is 9.48. The minimum Gasteiger partial charge on any atom is -0.356 e. The van der Waals surface area contributed by atoms with Crippen LogP contribution in [0.5, 0.6) is 0 Å². The Balaban J connectivity index is 1.33. The molecule has 1 aromatic carbocycles. The molecule has 2 N–H and O–H groups in total. The monoisotopic (exact) mass is 382 g/mol. The predicted molar refractivity (Wildman–Crippen MR) is 115 cm³/mol. The molecule has 0 atom stereocenters. The van der Waals surface area contributed by atoms with Gasteiger partial charge >= 0.3 is 0 Å². The van der Waals surface area contributed by atoms with Crippen LogP contribution in [0.1, 0.15) is 37.3 Å². The van der Waals surface area contributed by atoms with Gasteiger partial charge in [-0.15, -0.1) is 0 Å². The number of imidazole rings is 1. The number of piperidine rings is 1. The second-order valence-corrected chi connectivity index (χ2v) is 7.78. The molecular weight excluding hydrogens is 348 g/mol. The van der Waals surface area contributed by atoms with Crippen LogP contribution in [0.2, 0.25) is 0 Å². The normalized spacial score (nSPS) is 16.3. The standard InChI is InChI=1S/C22H34N6/c1-19-8-13-27(14-9-19)12-3-10-25-22(23-2)26-16-20-4-6-21(7-5-20)17-28-15-11-24-18-28/h4-7,11,15,18-19H,3,8-10,12-14,16-17H2,1-2H3,(H2,23,25,26). The molecule has 6 nitrogen and oxygen atoms in total. The molecule has 0 radical (unpaired) electrons. The Morgan fingerprint density at radius 1 is 1.14 bits per heavy atom. The van der Waals surface area contributed by atoms with Crippen molar-refractivity contribution in [2.75, 3.05) is 33.2 Å². The van der Waals surface area contributed by atoms with Crippen LogP contribution in [-0.2, 0) is 13.1 Å². The first-order chi connectivity index (χ1) is 13.7. The van der Waals surface area contributed by atoms with Crippen LogP contribution in [0.25, 0.3) is 0 Å². The third-order valence-corrected chi connectivity index (χ3v) is 5.45. The van der Waals surface area contributed by atoms with Crippen molar-refractivity contribution in [3.05, 3.63) is 54.1 Å². The highest BCUT2D eigenvalue weighted by atomic mass is 15.2. The van der Waals surface area contributed by atoms with Crippen LogP contribution in [0, 0.1) is 5.92 Å². The minimum atomic E-state index is 0.773. The van der Waals surface area contributed by atoms with Gasteiger partial charge in [-0.3, -0.25) is 4.99 Å². The average molecular weight is 383 g/mol. The second-order valence-electron chi connectivity index (χ2n) is 7.78. The number of hydrogen-bond donors (Lipinski definition) is 2. The summed E-state index contributed by atoms with van der Waals surface area (Å²) in [5.41, 5.74) is 2.52. The molecule has 6 heteroatoms. The van der Waals surface area contributed by atoms with E-state index in [4.69, 9.17) is 0 Å². The van der Waals surface area contributed by atoms with Gasteiger partial charge in [-0.1, -0.05) is 31.2 Å². The van der Waals surface area contributed by atoms with Gasteiger partial charge in [0.2, 0.25) is 0 Å².